The number of halogens is 1. The average molecular weight is 544 g/mol. The molecule has 0 aromatic heterocycles. The molecule has 3 rings (SSSR count). The van der Waals surface area contributed by atoms with Gasteiger partial charge in [0.2, 0.25) is 0 Å². The smallest absolute Gasteiger partial charge is 0.310 e. The normalized spacial score (nSPS) is 20.8. The lowest BCUT2D eigenvalue weighted by Gasteiger charge is -2.34. The van der Waals surface area contributed by atoms with Crippen molar-refractivity contribution >= 4 is 35.9 Å². The summed E-state index contributed by atoms with van der Waals surface area (Å²) in [7, 11) is 1.79. The second kappa shape index (κ2) is 13.2. The summed E-state index contributed by atoms with van der Waals surface area (Å²) in [6.45, 7) is 7.39. The number of aliphatic hydroxyl groups excluding tert-OH is 1. The van der Waals surface area contributed by atoms with E-state index in [4.69, 9.17) is 4.74 Å². The highest BCUT2D eigenvalue weighted by atomic mass is 127. The first-order valence-electron chi connectivity index (χ1n) is 11.2. The van der Waals surface area contributed by atoms with Gasteiger partial charge in [0.15, 0.2) is 5.96 Å². The van der Waals surface area contributed by atoms with Crippen LogP contribution in [0, 0.1) is 5.92 Å². The molecule has 1 aromatic carbocycles. The van der Waals surface area contributed by atoms with Crippen LogP contribution in [0.4, 0.5) is 0 Å². The van der Waals surface area contributed by atoms with Gasteiger partial charge in [-0.15, -0.1) is 24.0 Å². The summed E-state index contributed by atoms with van der Waals surface area (Å²) >= 11 is 0. The Morgan fingerprint density at radius 2 is 1.84 bits per heavy atom. The van der Waals surface area contributed by atoms with E-state index in [1.54, 1.807) is 7.05 Å². The predicted molar refractivity (Wildman–Crippen MR) is 134 cm³/mol. The summed E-state index contributed by atoms with van der Waals surface area (Å²) in [6, 6.07) is 8.68. The molecule has 2 heterocycles. The monoisotopic (exact) mass is 544 g/mol. The number of ether oxygens (including phenoxy) is 1. The maximum absolute atomic E-state index is 12.1. The Hall–Kier alpha value is -1.39. The molecule has 8 heteroatoms. The number of aliphatic hydroxyl groups is 1. The molecule has 1 aromatic rings. The fourth-order valence-electron chi connectivity index (χ4n) is 4.23. The van der Waals surface area contributed by atoms with Gasteiger partial charge in [-0.1, -0.05) is 24.3 Å². The Kier molecular flexibility index (Phi) is 11.0. The van der Waals surface area contributed by atoms with Crippen molar-refractivity contribution in [3.63, 3.8) is 0 Å². The van der Waals surface area contributed by atoms with Gasteiger partial charge in [-0.25, -0.2) is 0 Å². The minimum atomic E-state index is -0.128. The van der Waals surface area contributed by atoms with Gasteiger partial charge in [-0.05, 0) is 43.7 Å². The van der Waals surface area contributed by atoms with Crippen molar-refractivity contribution in [2.75, 3.05) is 39.8 Å². The lowest BCUT2D eigenvalue weighted by Crippen LogP contribution is -2.48. The van der Waals surface area contributed by atoms with Crippen LogP contribution in [-0.4, -0.2) is 72.8 Å². The molecule has 1 unspecified atom stereocenters. The molecule has 2 saturated heterocycles. The van der Waals surface area contributed by atoms with E-state index in [1.165, 1.54) is 11.1 Å². The third-order valence-electron chi connectivity index (χ3n) is 5.99. The summed E-state index contributed by atoms with van der Waals surface area (Å²) in [4.78, 5) is 21.1. The molecule has 0 amide bonds. The number of hydrogen-bond acceptors (Lipinski definition) is 5. The zero-order valence-electron chi connectivity index (χ0n) is 18.8. The van der Waals surface area contributed by atoms with Crippen LogP contribution in [0.2, 0.25) is 0 Å². The number of hydrogen-bond donors (Lipinski definition) is 2. The zero-order valence-corrected chi connectivity index (χ0v) is 21.1. The maximum atomic E-state index is 12.1. The van der Waals surface area contributed by atoms with Gasteiger partial charge in [0, 0.05) is 46.3 Å². The van der Waals surface area contributed by atoms with Crippen molar-refractivity contribution in [1.82, 2.24) is 15.1 Å². The molecule has 174 valence electrons. The molecule has 31 heavy (non-hydrogen) atoms. The number of rotatable bonds is 6. The van der Waals surface area contributed by atoms with Crippen molar-refractivity contribution in [2.24, 2.45) is 10.9 Å². The number of carbonyl (C=O) groups excluding carboxylic acids is 1. The van der Waals surface area contributed by atoms with E-state index in [1.807, 2.05) is 6.92 Å². The number of esters is 1. The number of piperidine rings is 2. The van der Waals surface area contributed by atoms with Crippen LogP contribution in [0.1, 0.15) is 43.7 Å². The van der Waals surface area contributed by atoms with E-state index >= 15 is 0 Å². The van der Waals surface area contributed by atoms with Crippen LogP contribution in [0.3, 0.4) is 0 Å². The van der Waals surface area contributed by atoms with Crippen LogP contribution in [0.25, 0.3) is 0 Å². The third-order valence-corrected chi connectivity index (χ3v) is 5.99. The molecular weight excluding hydrogens is 507 g/mol. The number of nitrogens with one attached hydrogen (secondary N) is 1. The van der Waals surface area contributed by atoms with E-state index in [9.17, 15) is 9.90 Å². The average Bonchev–Trinajstić information content (AvgIpc) is 2.77. The van der Waals surface area contributed by atoms with Gasteiger partial charge in [-0.3, -0.25) is 14.7 Å². The standard InChI is InChI=1S/C23H36N4O3.HI/c1-3-30-22(29)20-5-4-12-27(17-20)23(24-2)25-15-18-6-8-19(9-7-18)16-26-13-10-21(28)11-14-26;/h6-9,20-21,28H,3-5,10-17H2,1-2H3,(H,24,25);1H. The van der Waals surface area contributed by atoms with Gasteiger partial charge in [0.05, 0.1) is 18.6 Å². The number of carbonyl (C=O) groups is 1. The van der Waals surface area contributed by atoms with Crippen LogP contribution in [-0.2, 0) is 22.6 Å². The Bertz CT molecular complexity index is 705. The van der Waals surface area contributed by atoms with E-state index in [0.29, 0.717) is 19.7 Å². The van der Waals surface area contributed by atoms with E-state index in [0.717, 1.165) is 57.8 Å². The second-order valence-corrected chi connectivity index (χ2v) is 8.26. The number of aliphatic imine (C=N–C) groups is 1. The largest absolute Gasteiger partial charge is 0.466 e. The molecule has 2 fully saturated rings. The maximum Gasteiger partial charge on any atom is 0.310 e. The second-order valence-electron chi connectivity index (χ2n) is 8.26. The summed E-state index contributed by atoms with van der Waals surface area (Å²) in [5.74, 6) is 0.656. The summed E-state index contributed by atoms with van der Waals surface area (Å²) < 4.78 is 5.20. The molecule has 2 aliphatic rings. The minimum absolute atomic E-state index is 0. The number of guanidine groups is 1. The van der Waals surface area contributed by atoms with Crippen LogP contribution < -0.4 is 5.32 Å². The quantitative estimate of drug-likeness (QED) is 0.248. The fraction of sp³-hybridized carbons (Fsp3) is 0.652. The highest BCUT2D eigenvalue weighted by Gasteiger charge is 2.28. The molecular formula is C23H37IN4O3. The summed E-state index contributed by atoms with van der Waals surface area (Å²) in [5, 5.41) is 13.1. The number of benzene rings is 1. The van der Waals surface area contributed by atoms with Crippen LogP contribution >= 0.6 is 24.0 Å². The van der Waals surface area contributed by atoms with Gasteiger partial charge in [-0.2, -0.15) is 0 Å². The van der Waals surface area contributed by atoms with Gasteiger partial charge in [0.1, 0.15) is 0 Å². The lowest BCUT2D eigenvalue weighted by atomic mass is 9.98. The SMILES string of the molecule is CCOC(=O)C1CCCN(C(=NC)NCc2ccc(CN3CCC(O)CC3)cc2)C1.I. The van der Waals surface area contributed by atoms with E-state index < -0.39 is 0 Å². The molecule has 0 spiro atoms. The number of nitrogens with zero attached hydrogens (tertiary/aromatic N) is 3. The Balaban J connectivity index is 0.00000341. The molecule has 2 aliphatic heterocycles. The van der Waals surface area contributed by atoms with Crippen LogP contribution in [0.5, 0.6) is 0 Å². The highest BCUT2D eigenvalue weighted by Crippen LogP contribution is 2.18. The van der Waals surface area contributed by atoms with Crippen molar-refractivity contribution in [1.29, 1.82) is 0 Å². The van der Waals surface area contributed by atoms with Gasteiger partial charge in [0.25, 0.3) is 0 Å². The molecule has 0 aliphatic carbocycles. The first-order chi connectivity index (χ1) is 14.6. The topological polar surface area (TPSA) is 77.4 Å². The van der Waals surface area contributed by atoms with Crippen molar-refractivity contribution in [2.45, 2.75) is 51.8 Å². The van der Waals surface area contributed by atoms with Crippen molar-refractivity contribution in [3.05, 3.63) is 35.4 Å². The molecule has 0 saturated carbocycles. The van der Waals surface area contributed by atoms with E-state index in [-0.39, 0.29) is 42.0 Å². The molecule has 7 nitrogen and oxygen atoms in total. The van der Waals surface area contributed by atoms with Crippen molar-refractivity contribution in [3.8, 4) is 0 Å². The van der Waals surface area contributed by atoms with Gasteiger partial charge < -0.3 is 20.1 Å². The minimum Gasteiger partial charge on any atom is -0.466 e. The Labute approximate surface area is 203 Å². The highest BCUT2D eigenvalue weighted by molar-refractivity contribution is 14.0. The predicted octanol–water partition coefficient (Wildman–Crippen LogP) is 2.61. The Morgan fingerprint density at radius 1 is 1.16 bits per heavy atom. The molecule has 2 N–H and O–H groups in total. The van der Waals surface area contributed by atoms with Crippen molar-refractivity contribution < 1.29 is 14.6 Å². The fourth-order valence-corrected chi connectivity index (χ4v) is 4.23. The zero-order chi connectivity index (χ0) is 21.3. The molecule has 1 atom stereocenters. The molecule has 0 radical (unpaired) electrons. The summed E-state index contributed by atoms with van der Waals surface area (Å²) in [6.07, 6.45) is 3.45. The third kappa shape index (κ3) is 7.91. The first kappa shape index (κ1) is 25.9. The van der Waals surface area contributed by atoms with E-state index in [2.05, 4.69) is 44.4 Å². The van der Waals surface area contributed by atoms with Gasteiger partial charge >= 0.3 is 5.97 Å². The number of likely N-dealkylation sites (tertiary alicyclic amines) is 2. The first-order valence-corrected chi connectivity index (χ1v) is 11.2. The Morgan fingerprint density at radius 3 is 2.48 bits per heavy atom. The summed E-state index contributed by atoms with van der Waals surface area (Å²) in [5.41, 5.74) is 2.50. The van der Waals surface area contributed by atoms with Crippen LogP contribution in [0.15, 0.2) is 29.3 Å². The molecule has 0 bridgehead atoms. The lowest BCUT2D eigenvalue weighted by molar-refractivity contribution is -0.149.